The van der Waals surface area contributed by atoms with Crippen molar-refractivity contribution in [3.63, 3.8) is 0 Å². The van der Waals surface area contributed by atoms with Crippen LogP contribution in [0, 0.1) is 6.92 Å². The second kappa shape index (κ2) is 6.31. The Hall–Kier alpha value is -0.910. The highest BCUT2D eigenvalue weighted by molar-refractivity contribution is 6.28. The first-order valence-electron chi connectivity index (χ1n) is 6.21. The molecule has 0 amide bonds. The maximum absolute atomic E-state index is 5.80. The fourth-order valence-electron chi connectivity index (χ4n) is 2.02. The van der Waals surface area contributed by atoms with E-state index in [0.29, 0.717) is 6.04 Å². The third kappa shape index (κ3) is 3.80. The van der Waals surface area contributed by atoms with Crippen molar-refractivity contribution in [1.29, 1.82) is 0 Å². The van der Waals surface area contributed by atoms with Gasteiger partial charge in [-0.25, -0.2) is 9.97 Å². The van der Waals surface area contributed by atoms with Crippen LogP contribution in [0.15, 0.2) is 6.20 Å². The zero-order valence-corrected chi connectivity index (χ0v) is 11.6. The molecule has 1 fully saturated rings. The number of anilines is 1. The van der Waals surface area contributed by atoms with E-state index in [4.69, 9.17) is 16.3 Å². The van der Waals surface area contributed by atoms with E-state index in [1.807, 2.05) is 6.92 Å². The average molecular weight is 271 g/mol. The van der Waals surface area contributed by atoms with Gasteiger partial charge in [-0.15, -0.1) is 0 Å². The first-order valence-corrected chi connectivity index (χ1v) is 6.58. The Labute approximate surface area is 113 Å². The van der Waals surface area contributed by atoms with Gasteiger partial charge < -0.3 is 10.1 Å². The van der Waals surface area contributed by atoms with E-state index in [1.54, 1.807) is 6.20 Å². The summed E-state index contributed by atoms with van der Waals surface area (Å²) in [4.78, 5) is 10.5. The summed E-state index contributed by atoms with van der Waals surface area (Å²) in [6, 6.07) is 0.313. The molecular formula is C12H19ClN4O. The van der Waals surface area contributed by atoms with Gasteiger partial charge >= 0.3 is 0 Å². The minimum Gasteiger partial charge on any atom is -0.379 e. The largest absolute Gasteiger partial charge is 0.379 e. The Morgan fingerprint density at radius 1 is 1.50 bits per heavy atom. The Kier molecular flexibility index (Phi) is 4.74. The molecule has 18 heavy (non-hydrogen) atoms. The fraction of sp³-hybridized carbons (Fsp3) is 0.667. The number of nitrogens with one attached hydrogen (secondary N) is 1. The summed E-state index contributed by atoms with van der Waals surface area (Å²) in [6.07, 6.45) is 1.74. The molecule has 0 aromatic carbocycles. The minimum absolute atomic E-state index is 0.279. The van der Waals surface area contributed by atoms with Crippen LogP contribution < -0.4 is 5.32 Å². The van der Waals surface area contributed by atoms with E-state index in [-0.39, 0.29) is 5.28 Å². The van der Waals surface area contributed by atoms with Crippen LogP contribution in [0.2, 0.25) is 5.28 Å². The monoisotopic (exact) mass is 270 g/mol. The third-order valence-corrected chi connectivity index (χ3v) is 3.14. The molecule has 0 saturated carbocycles. The summed E-state index contributed by atoms with van der Waals surface area (Å²) in [6.45, 7) is 8.73. The number of hydrogen-bond acceptors (Lipinski definition) is 5. The Balaban J connectivity index is 1.89. The van der Waals surface area contributed by atoms with Gasteiger partial charge in [0.1, 0.15) is 5.82 Å². The van der Waals surface area contributed by atoms with Crippen LogP contribution in [0.3, 0.4) is 0 Å². The minimum atomic E-state index is 0.279. The van der Waals surface area contributed by atoms with Crippen molar-refractivity contribution in [3.05, 3.63) is 17.0 Å². The van der Waals surface area contributed by atoms with Gasteiger partial charge in [-0.2, -0.15) is 0 Å². The van der Waals surface area contributed by atoms with Crippen molar-refractivity contribution in [2.24, 2.45) is 0 Å². The normalized spacial score (nSPS) is 18.6. The van der Waals surface area contributed by atoms with Crippen LogP contribution >= 0.6 is 11.6 Å². The lowest BCUT2D eigenvalue weighted by molar-refractivity contribution is 0.0368. The zero-order valence-electron chi connectivity index (χ0n) is 10.8. The molecule has 0 aliphatic carbocycles. The summed E-state index contributed by atoms with van der Waals surface area (Å²) >= 11 is 5.80. The molecule has 1 unspecified atom stereocenters. The van der Waals surface area contributed by atoms with E-state index in [9.17, 15) is 0 Å². The van der Waals surface area contributed by atoms with Crippen LogP contribution in [-0.2, 0) is 4.74 Å². The number of morpholine rings is 1. The van der Waals surface area contributed by atoms with Crippen LogP contribution in [0.4, 0.5) is 5.82 Å². The van der Waals surface area contributed by atoms with Crippen LogP contribution in [0.25, 0.3) is 0 Å². The SMILES string of the molecule is Cc1cnc(Cl)nc1NC(C)CN1CCOCC1. The van der Waals surface area contributed by atoms with Crippen molar-refractivity contribution in [2.75, 3.05) is 38.2 Å². The molecule has 1 N–H and O–H groups in total. The topological polar surface area (TPSA) is 50.3 Å². The number of halogens is 1. The molecule has 1 atom stereocenters. The summed E-state index contributed by atoms with van der Waals surface area (Å²) < 4.78 is 5.33. The van der Waals surface area contributed by atoms with Crippen LogP contribution in [0.5, 0.6) is 0 Å². The van der Waals surface area contributed by atoms with Gasteiger partial charge in [-0.3, -0.25) is 4.90 Å². The Morgan fingerprint density at radius 3 is 2.94 bits per heavy atom. The number of rotatable bonds is 4. The first-order chi connectivity index (χ1) is 8.65. The molecule has 2 heterocycles. The molecule has 1 aromatic rings. The zero-order chi connectivity index (χ0) is 13.0. The number of aromatic nitrogens is 2. The number of hydrogen-bond donors (Lipinski definition) is 1. The van der Waals surface area contributed by atoms with E-state index in [0.717, 1.165) is 44.2 Å². The molecule has 6 heteroatoms. The summed E-state index contributed by atoms with van der Waals surface area (Å²) in [5.41, 5.74) is 1.01. The molecule has 1 aliphatic rings. The van der Waals surface area contributed by atoms with Gasteiger partial charge in [0.25, 0.3) is 0 Å². The predicted molar refractivity (Wildman–Crippen MR) is 72.1 cm³/mol. The van der Waals surface area contributed by atoms with E-state index in [2.05, 4.69) is 27.1 Å². The van der Waals surface area contributed by atoms with Gasteiger partial charge in [-0.1, -0.05) is 0 Å². The lowest BCUT2D eigenvalue weighted by atomic mass is 10.2. The molecule has 0 radical (unpaired) electrons. The van der Waals surface area contributed by atoms with Crippen molar-refractivity contribution in [1.82, 2.24) is 14.9 Å². The standard InChI is InChI=1S/C12H19ClN4O/c1-9-7-14-12(13)16-11(9)15-10(2)8-17-3-5-18-6-4-17/h7,10H,3-6,8H2,1-2H3,(H,14,15,16). The van der Waals surface area contributed by atoms with Crippen molar-refractivity contribution in [3.8, 4) is 0 Å². The van der Waals surface area contributed by atoms with Gasteiger partial charge in [0.2, 0.25) is 5.28 Å². The lowest BCUT2D eigenvalue weighted by Gasteiger charge is -2.29. The molecule has 2 rings (SSSR count). The molecule has 1 saturated heterocycles. The smallest absolute Gasteiger partial charge is 0.224 e. The Bertz CT molecular complexity index is 396. The van der Waals surface area contributed by atoms with Gasteiger partial charge in [0, 0.05) is 37.4 Å². The maximum atomic E-state index is 5.80. The average Bonchev–Trinajstić information content (AvgIpc) is 2.35. The maximum Gasteiger partial charge on any atom is 0.224 e. The second-order valence-electron chi connectivity index (χ2n) is 4.63. The molecule has 0 spiro atoms. The molecule has 1 aliphatic heterocycles. The van der Waals surface area contributed by atoms with Gasteiger partial charge in [0.05, 0.1) is 13.2 Å². The fourth-order valence-corrected chi connectivity index (χ4v) is 2.15. The molecule has 0 bridgehead atoms. The highest BCUT2D eigenvalue weighted by Gasteiger charge is 2.14. The van der Waals surface area contributed by atoms with Crippen molar-refractivity contribution in [2.45, 2.75) is 19.9 Å². The summed E-state index contributed by atoms with van der Waals surface area (Å²) in [5.74, 6) is 0.816. The predicted octanol–water partition coefficient (Wildman–Crippen LogP) is 1.57. The highest BCUT2D eigenvalue weighted by Crippen LogP contribution is 2.14. The van der Waals surface area contributed by atoms with Crippen molar-refractivity contribution < 1.29 is 4.74 Å². The Morgan fingerprint density at radius 2 is 2.22 bits per heavy atom. The first kappa shape index (κ1) is 13.5. The van der Waals surface area contributed by atoms with E-state index >= 15 is 0 Å². The summed E-state index contributed by atoms with van der Waals surface area (Å²) in [5, 5.41) is 3.66. The highest BCUT2D eigenvalue weighted by atomic mass is 35.5. The lowest BCUT2D eigenvalue weighted by Crippen LogP contribution is -2.42. The molecular weight excluding hydrogens is 252 g/mol. The van der Waals surface area contributed by atoms with Gasteiger partial charge in [0.15, 0.2) is 0 Å². The molecule has 5 nitrogen and oxygen atoms in total. The number of aryl methyl sites for hydroxylation is 1. The molecule has 1 aromatic heterocycles. The quantitative estimate of drug-likeness (QED) is 0.842. The van der Waals surface area contributed by atoms with E-state index < -0.39 is 0 Å². The van der Waals surface area contributed by atoms with Crippen LogP contribution in [-0.4, -0.2) is 53.8 Å². The third-order valence-electron chi connectivity index (χ3n) is 2.96. The van der Waals surface area contributed by atoms with Gasteiger partial charge in [-0.05, 0) is 25.4 Å². The number of ether oxygens (including phenoxy) is 1. The second-order valence-corrected chi connectivity index (χ2v) is 4.97. The number of nitrogens with zero attached hydrogens (tertiary/aromatic N) is 3. The summed E-state index contributed by atoms with van der Waals surface area (Å²) in [7, 11) is 0. The molecule has 100 valence electrons. The van der Waals surface area contributed by atoms with Crippen molar-refractivity contribution >= 4 is 17.4 Å². The van der Waals surface area contributed by atoms with E-state index in [1.165, 1.54) is 0 Å². The van der Waals surface area contributed by atoms with Crippen LogP contribution in [0.1, 0.15) is 12.5 Å².